The third-order valence-electron chi connectivity index (χ3n) is 4.16. The predicted molar refractivity (Wildman–Crippen MR) is 101 cm³/mol. The number of carbonyl (C=O) groups excluding carboxylic acids is 1. The zero-order chi connectivity index (χ0) is 18.1. The second-order valence-corrected chi connectivity index (χ2v) is 6.31. The van der Waals surface area contributed by atoms with E-state index in [1.807, 2.05) is 31.4 Å². The fourth-order valence-corrected chi connectivity index (χ4v) is 2.94. The van der Waals surface area contributed by atoms with E-state index in [9.17, 15) is 9.59 Å². The van der Waals surface area contributed by atoms with Gasteiger partial charge in [0.1, 0.15) is 11.4 Å². The van der Waals surface area contributed by atoms with Crippen LogP contribution in [-0.2, 0) is 6.54 Å². The molecule has 3 aromatic rings. The van der Waals surface area contributed by atoms with E-state index in [-0.39, 0.29) is 11.0 Å². The summed E-state index contributed by atoms with van der Waals surface area (Å²) < 4.78 is 1.87. The van der Waals surface area contributed by atoms with Crippen molar-refractivity contribution >= 4 is 34.2 Å². The minimum absolute atomic E-state index is 0.0819. The zero-order valence-corrected chi connectivity index (χ0v) is 15.0. The van der Waals surface area contributed by atoms with Crippen molar-refractivity contribution in [2.45, 2.75) is 27.3 Å². The van der Waals surface area contributed by atoms with Crippen molar-refractivity contribution in [3.05, 3.63) is 68.6 Å². The van der Waals surface area contributed by atoms with Crippen LogP contribution in [0.15, 0.2) is 41.5 Å². The molecule has 0 saturated heterocycles. The van der Waals surface area contributed by atoms with Gasteiger partial charge in [-0.2, -0.15) is 0 Å². The van der Waals surface area contributed by atoms with Crippen molar-refractivity contribution in [2.75, 3.05) is 5.32 Å². The lowest BCUT2D eigenvalue weighted by Gasteiger charge is -2.14. The number of halogens is 1. The van der Waals surface area contributed by atoms with Crippen LogP contribution in [-0.4, -0.2) is 15.5 Å². The normalized spacial score (nSPS) is 10.9. The van der Waals surface area contributed by atoms with Gasteiger partial charge in [0.25, 0.3) is 5.91 Å². The van der Waals surface area contributed by atoms with Crippen molar-refractivity contribution in [1.29, 1.82) is 0 Å². The largest absolute Gasteiger partial charge is 0.346 e. The average Bonchev–Trinajstić information content (AvgIpc) is 2.60. The molecule has 5 nitrogen and oxygen atoms in total. The Morgan fingerprint density at radius 3 is 2.64 bits per heavy atom. The van der Waals surface area contributed by atoms with E-state index >= 15 is 0 Å². The molecule has 2 aromatic heterocycles. The Labute approximate surface area is 150 Å². The maximum atomic E-state index is 12.8. The van der Waals surface area contributed by atoms with Gasteiger partial charge in [-0.3, -0.25) is 9.59 Å². The van der Waals surface area contributed by atoms with Gasteiger partial charge in [0.15, 0.2) is 0 Å². The molecule has 1 aromatic carbocycles. The van der Waals surface area contributed by atoms with Crippen molar-refractivity contribution in [3.8, 4) is 0 Å². The van der Waals surface area contributed by atoms with Crippen molar-refractivity contribution < 1.29 is 4.79 Å². The highest BCUT2D eigenvalue weighted by Crippen LogP contribution is 2.24. The van der Waals surface area contributed by atoms with Crippen LogP contribution < -0.4 is 10.7 Å². The first-order chi connectivity index (χ1) is 11.9. The standard InChI is InChI=1S/C19H18ClN3O2/c1-4-23-10-14(19(25)22-16-8-5-11(2)9-21-16)18(24)13-6-7-15(20)12(3)17(13)23/h5-10H,4H2,1-3H3,(H,21,22,25). The van der Waals surface area contributed by atoms with Crippen LogP contribution in [0.2, 0.25) is 5.02 Å². The van der Waals surface area contributed by atoms with Gasteiger partial charge in [0.2, 0.25) is 5.43 Å². The number of aryl methyl sites for hydroxylation is 3. The summed E-state index contributed by atoms with van der Waals surface area (Å²) in [5.74, 6) is -0.0662. The summed E-state index contributed by atoms with van der Waals surface area (Å²) in [6, 6.07) is 6.90. The maximum absolute atomic E-state index is 12.8. The lowest BCUT2D eigenvalue weighted by molar-refractivity contribution is 0.102. The summed E-state index contributed by atoms with van der Waals surface area (Å²) in [4.78, 5) is 29.5. The van der Waals surface area contributed by atoms with Crippen molar-refractivity contribution in [2.24, 2.45) is 0 Å². The second kappa shape index (κ2) is 6.69. The Kier molecular flexibility index (Phi) is 4.59. The molecular formula is C19H18ClN3O2. The number of rotatable bonds is 3. The summed E-state index contributed by atoms with van der Waals surface area (Å²) in [5, 5.41) is 3.75. The number of nitrogens with zero attached hydrogens (tertiary/aromatic N) is 2. The number of benzene rings is 1. The molecular weight excluding hydrogens is 338 g/mol. The van der Waals surface area contributed by atoms with E-state index in [2.05, 4.69) is 10.3 Å². The van der Waals surface area contributed by atoms with Crippen LogP contribution in [0.1, 0.15) is 28.4 Å². The molecule has 0 fully saturated rings. The Morgan fingerprint density at radius 1 is 1.24 bits per heavy atom. The molecule has 0 bridgehead atoms. The second-order valence-electron chi connectivity index (χ2n) is 5.90. The number of carbonyl (C=O) groups is 1. The van der Waals surface area contributed by atoms with E-state index in [0.717, 1.165) is 16.6 Å². The van der Waals surface area contributed by atoms with Gasteiger partial charge in [-0.25, -0.2) is 4.98 Å². The smallest absolute Gasteiger partial charge is 0.262 e. The molecule has 1 N–H and O–H groups in total. The highest BCUT2D eigenvalue weighted by Gasteiger charge is 2.17. The number of pyridine rings is 2. The van der Waals surface area contributed by atoms with Crippen molar-refractivity contribution in [3.63, 3.8) is 0 Å². The molecule has 1 amide bonds. The number of anilines is 1. The van der Waals surface area contributed by atoms with Gasteiger partial charge in [-0.15, -0.1) is 0 Å². The van der Waals surface area contributed by atoms with E-state index in [4.69, 9.17) is 11.6 Å². The Bertz CT molecular complexity index is 1020. The van der Waals surface area contributed by atoms with Crippen LogP contribution >= 0.6 is 11.6 Å². The van der Waals surface area contributed by atoms with Crippen LogP contribution in [0, 0.1) is 13.8 Å². The minimum Gasteiger partial charge on any atom is -0.346 e. The predicted octanol–water partition coefficient (Wildman–Crippen LogP) is 3.94. The van der Waals surface area contributed by atoms with E-state index in [1.54, 1.807) is 30.6 Å². The molecule has 128 valence electrons. The Balaban J connectivity index is 2.12. The quantitative estimate of drug-likeness (QED) is 0.774. The molecule has 0 aliphatic carbocycles. The molecule has 0 atom stereocenters. The number of hydrogen-bond acceptors (Lipinski definition) is 3. The fraction of sp³-hybridized carbons (Fsp3) is 0.211. The number of aromatic nitrogens is 2. The third kappa shape index (κ3) is 3.15. The van der Waals surface area contributed by atoms with Gasteiger partial charge in [-0.1, -0.05) is 17.7 Å². The SMILES string of the molecule is CCn1cc(C(=O)Nc2ccc(C)cn2)c(=O)c2ccc(Cl)c(C)c21. The average molecular weight is 356 g/mol. The molecule has 0 spiro atoms. The molecule has 25 heavy (non-hydrogen) atoms. The molecule has 3 rings (SSSR count). The van der Waals surface area contributed by atoms with Crippen LogP contribution in [0.4, 0.5) is 5.82 Å². The van der Waals surface area contributed by atoms with Crippen molar-refractivity contribution in [1.82, 2.24) is 9.55 Å². The lowest BCUT2D eigenvalue weighted by atomic mass is 10.1. The Hall–Kier alpha value is -2.66. The monoisotopic (exact) mass is 355 g/mol. The summed E-state index contributed by atoms with van der Waals surface area (Å²) in [6.07, 6.45) is 3.24. The molecule has 0 radical (unpaired) electrons. The molecule has 0 saturated carbocycles. The van der Waals surface area contributed by atoms with Gasteiger partial charge in [-0.05, 0) is 50.1 Å². The van der Waals surface area contributed by atoms with Crippen LogP contribution in [0.3, 0.4) is 0 Å². The first-order valence-electron chi connectivity index (χ1n) is 7.98. The third-order valence-corrected chi connectivity index (χ3v) is 4.57. The molecule has 2 heterocycles. The van der Waals surface area contributed by atoms with E-state index in [0.29, 0.717) is 22.8 Å². The molecule has 0 aliphatic heterocycles. The fourth-order valence-electron chi connectivity index (χ4n) is 2.79. The summed E-state index contributed by atoms with van der Waals surface area (Å²) in [7, 11) is 0. The van der Waals surface area contributed by atoms with Crippen LogP contribution in [0.25, 0.3) is 10.9 Å². The summed E-state index contributed by atoms with van der Waals surface area (Å²) in [6.45, 7) is 6.34. The molecule has 0 aliphatic rings. The van der Waals surface area contributed by atoms with Gasteiger partial charge in [0.05, 0.1) is 5.52 Å². The number of nitrogens with one attached hydrogen (secondary N) is 1. The highest BCUT2D eigenvalue weighted by atomic mass is 35.5. The maximum Gasteiger partial charge on any atom is 0.262 e. The number of amides is 1. The first-order valence-corrected chi connectivity index (χ1v) is 8.36. The Morgan fingerprint density at radius 2 is 2.00 bits per heavy atom. The topological polar surface area (TPSA) is 64.0 Å². The summed E-state index contributed by atoms with van der Waals surface area (Å²) in [5.41, 5.74) is 2.34. The molecule has 0 unspecified atom stereocenters. The lowest BCUT2D eigenvalue weighted by Crippen LogP contribution is -2.24. The van der Waals surface area contributed by atoms with Crippen LogP contribution in [0.5, 0.6) is 0 Å². The van der Waals surface area contributed by atoms with Gasteiger partial charge in [0, 0.05) is 29.3 Å². The first kappa shape index (κ1) is 17.2. The highest BCUT2D eigenvalue weighted by molar-refractivity contribution is 6.32. The van der Waals surface area contributed by atoms with E-state index in [1.165, 1.54) is 0 Å². The number of fused-ring (bicyclic) bond motifs is 1. The minimum atomic E-state index is -0.474. The van der Waals surface area contributed by atoms with Gasteiger partial charge < -0.3 is 9.88 Å². The summed E-state index contributed by atoms with van der Waals surface area (Å²) >= 11 is 6.19. The number of hydrogen-bond donors (Lipinski definition) is 1. The zero-order valence-electron chi connectivity index (χ0n) is 14.3. The molecule has 6 heteroatoms. The van der Waals surface area contributed by atoms with Gasteiger partial charge >= 0.3 is 0 Å². The van der Waals surface area contributed by atoms with E-state index < -0.39 is 5.91 Å².